The Balaban J connectivity index is 1.70. The Labute approximate surface area is 99.8 Å². The van der Waals surface area contributed by atoms with Gasteiger partial charge in [0.15, 0.2) is 0 Å². The van der Waals surface area contributed by atoms with Crippen molar-refractivity contribution in [3.63, 3.8) is 0 Å². The number of ether oxygens (including phenoxy) is 2. The van der Waals surface area contributed by atoms with Crippen LogP contribution in [0.1, 0.15) is 11.3 Å². The van der Waals surface area contributed by atoms with Crippen LogP contribution in [0.4, 0.5) is 0 Å². The van der Waals surface area contributed by atoms with Gasteiger partial charge in [-0.2, -0.15) is 0 Å². The van der Waals surface area contributed by atoms with E-state index in [1.807, 2.05) is 11.3 Å². The fraction of sp³-hybridized carbons (Fsp3) is 0.667. The van der Waals surface area contributed by atoms with Crippen LogP contribution in [0.3, 0.4) is 0 Å². The Morgan fingerprint density at radius 1 is 1.44 bits per heavy atom. The first-order chi connectivity index (χ1) is 7.89. The zero-order valence-electron chi connectivity index (χ0n) is 9.28. The summed E-state index contributed by atoms with van der Waals surface area (Å²) in [5, 5.41) is 5.68. The van der Waals surface area contributed by atoms with Gasteiger partial charge in [-0.25, -0.2) is 0 Å². The Bertz CT molecular complexity index is 329. The summed E-state index contributed by atoms with van der Waals surface area (Å²) in [6.07, 6.45) is 1.13. The van der Waals surface area contributed by atoms with Gasteiger partial charge in [0, 0.05) is 17.5 Å². The van der Waals surface area contributed by atoms with Gasteiger partial charge in [0.05, 0.1) is 31.8 Å². The fourth-order valence-corrected chi connectivity index (χ4v) is 3.42. The maximum Gasteiger partial charge on any atom is 0.0620 e. The standard InChI is InChI=1S/C12H17NO2S/c1-2-11(16-5-1)12(8-15-9-12)6-10-7-14-4-3-13-10/h1-2,5,10,13H,3-4,6-9H2. The lowest BCUT2D eigenvalue weighted by atomic mass is 9.78. The molecule has 3 nitrogen and oxygen atoms in total. The molecule has 2 fully saturated rings. The van der Waals surface area contributed by atoms with E-state index in [0.29, 0.717) is 6.04 Å². The third-order valence-electron chi connectivity index (χ3n) is 3.44. The van der Waals surface area contributed by atoms with E-state index in [4.69, 9.17) is 9.47 Å². The number of rotatable bonds is 3. The molecule has 16 heavy (non-hydrogen) atoms. The van der Waals surface area contributed by atoms with Crippen LogP contribution in [0.5, 0.6) is 0 Å². The Morgan fingerprint density at radius 2 is 2.38 bits per heavy atom. The summed E-state index contributed by atoms with van der Waals surface area (Å²) in [5.41, 5.74) is 0.256. The van der Waals surface area contributed by atoms with Crippen LogP contribution in [0.15, 0.2) is 17.5 Å². The van der Waals surface area contributed by atoms with Crippen LogP contribution in [0, 0.1) is 0 Å². The summed E-state index contributed by atoms with van der Waals surface area (Å²) in [6.45, 7) is 4.40. The van der Waals surface area contributed by atoms with Gasteiger partial charge in [-0.1, -0.05) is 6.07 Å². The van der Waals surface area contributed by atoms with Gasteiger partial charge in [-0.3, -0.25) is 0 Å². The molecule has 0 radical (unpaired) electrons. The average molecular weight is 239 g/mol. The van der Waals surface area contributed by atoms with Crippen molar-refractivity contribution < 1.29 is 9.47 Å². The molecule has 0 bridgehead atoms. The molecule has 0 saturated carbocycles. The third-order valence-corrected chi connectivity index (χ3v) is 4.55. The third kappa shape index (κ3) is 1.91. The Hall–Kier alpha value is -0.420. The number of hydrogen-bond donors (Lipinski definition) is 1. The van der Waals surface area contributed by atoms with Gasteiger partial charge in [0.25, 0.3) is 0 Å². The topological polar surface area (TPSA) is 30.5 Å². The molecule has 0 aromatic carbocycles. The summed E-state index contributed by atoms with van der Waals surface area (Å²) in [6, 6.07) is 4.85. The first-order valence-corrected chi connectivity index (χ1v) is 6.70. The number of morpholine rings is 1. The molecule has 0 spiro atoms. The highest BCUT2D eigenvalue weighted by atomic mass is 32.1. The molecule has 1 N–H and O–H groups in total. The van der Waals surface area contributed by atoms with E-state index in [9.17, 15) is 0 Å². The van der Waals surface area contributed by atoms with Crippen LogP contribution in [-0.4, -0.2) is 39.0 Å². The maximum atomic E-state index is 5.51. The van der Waals surface area contributed by atoms with Crippen LogP contribution in [-0.2, 0) is 14.9 Å². The van der Waals surface area contributed by atoms with Crippen molar-refractivity contribution in [2.75, 3.05) is 33.0 Å². The second-order valence-electron chi connectivity index (χ2n) is 4.68. The molecule has 1 unspecified atom stereocenters. The van der Waals surface area contributed by atoms with Crippen LogP contribution in [0.25, 0.3) is 0 Å². The summed E-state index contributed by atoms with van der Waals surface area (Å²) < 4.78 is 11.0. The SMILES string of the molecule is c1csc(C2(CC3COCCN3)COC2)c1. The van der Waals surface area contributed by atoms with E-state index in [1.165, 1.54) is 4.88 Å². The lowest BCUT2D eigenvalue weighted by Gasteiger charge is -2.43. The van der Waals surface area contributed by atoms with Crippen molar-refractivity contribution in [1.29, 1.82) is 0 Å². The first-order valence-electron chi connectivity index (χ1n) is 5.82. The lowest BCUT2D eigenvalue weighted by Crippen LogP contribution is -2.53. The number of thiophene rings is 1. The van der Waals surface area contributed by atoms with Crippen molar-refractivity contribution in [3.8, 4) is 0 Å². The predicted molar refractivity (Wildman–Crippen MR) is 64.0 cm³/mol. The number of hydrogen-bond acceptors (Lipinski definition) is 4. The molecule has 2 saturated heterocycles. The first kappa shape index (κ1) is 10.7. The molecule has 1 aromatic rings. The molecular weight excluding hydrogens is 222 g/mol. The average Bonchev–Trinajstić information content (AvgIpc) is 2.78. The van der Waals surface area contributed by atoms with E-state index in [2.05, 4.69) is 22.8 Å². The van der Waals surface area contributed by atoms with Crippen molar-refractivity contribution in [1.82, 2.24) is 5.32 Å². The highest BCUT2D eigenvalue weighted by Crippen LogP contribution is 2.39. The van der Waals surface area contributed by atoms with Gasteiger partial charge in [-0.05, 0) is 17.9 Å². The van der Waals surface area contributed by atoms with Gasteiger partial charge in [-0.15, -0.1) is 11.3 Å². The van der Waals surface area contributed by atoms with E-state index < -0.39 is 0 Å². The fourth-order valence-electron chi connectivity index (χ4n) is 2.51. The molecule has 88 valence electrons. The molecule has 3 heterocycles. The predicted octanol–water partition coefficient (Wildman–Crippen LogP) is 1.39. The van der Waals surface area contributed by atoms with Crippen molar-refractivity contribution in [2.24, 2.45) is 0 Å². The molecule has 2 aliphatic heterocycles. The minimum atomic E-state index is 0.256. The minimum Gasteiger partial charge on any atom is -0.379 e. The second kappa shape index (κ2) is 4.45. The highest BCUT2D eigenvalue weighted by molar-refractivity contribution is 7.10. The Morgan fingerprint density at radius 3 is 2.94 bits per heavy atom. The van der Waals surface area contributed by atoms with Gasteiger partial charge in [0.2, 0.25) is 0 Å². The molecule has 0 amide bonds. The van der Waals surface area contributed by atoms with Gasteiger partial charge < -0.3 is 14.8 Å². The molecule has 0 aliphatic carbocycles. The van der Waals surface area contributed by atoms with Crippen molar-refractivity contribution in [3.05, 3.63) is 22.4 Å². The van der Waals surface area contributed by atoms with E-state index in [-0.39, 0.29) is 5.41 Å². The molecule has 3 rings (SSSR count). The van der Waals surface area contributed by atoms with Crippen LogP contribution >= 0.6 is 11.3 Å². The summed E-state index contributed by atoms with van der Waals surface area (Å²) >= 11 is 1.85. The summed E-state index contributed by atoms with van der Waals surface area (Å²) in [7, 11) is 0. The van der Waals surface area contributed by atoms with Crippen LogP contribution in [0.2, 0.25) is 0 Å². The normalized spacial score (nSPS) is 28.6. The molecule has 1 aromatic heterocycles. The quantitative estimate of drug-likeness (QED) is 0.865. The monoisotopic (exact) mass is 239 g/mol. The Kier molecular flexibility index (Phi) is 2.98. The summed E-state index contributed by atoms with van der Waals surface area (Å²) in [5.74, 6) is 0. The van der Waals surface area contributed by atoms with E-state index in [0.717, 1.165) is 39.4 Å². The zero-order valence-corrected chi connectivity index (χ0v) is 10.1. The molecular formula is C12H17NO2S. The number of nitrogens with one attached hydrogen (secondary N) is 1. The minimum absolute atomic E-state index is 0.256. The zero-order chi connectivity index (χ0) is 10.8. The highest BCUT2D eigenvalue weighted by Gasteiger charge is 2.43. The van der Waals surface area contributed by atoms with Crippen LogP contribution < -0.4 is 5.32 Å². The van der Waals surface area contributed by atoms with Gasteiger partial charge in [0.1, 0.15) is 0 Å². The van der Waals surface area contributed by atoms with Crippen molar-refractivity contribution in [2.45, 2.75) is 17.9 Å². The van der Waals surface area contributed by atoms with E-state index >= 15 is 0 Å². The lowest BCUT2D eigenvalue weighted by molar-refractivity contribution is -0.0735. The molecule has 4 heteroatoms. The second-order valence-corrected chi connectivity index (χ2v) is 5.63. The summed E-state index contributed by atoms with van der Waals surface area (Å²) in [4.78, 5) is 1.46. The smallest absolute Gasteiger partial charge is 0.0620 e. The van der Waals surface area contributed by atoms with Gasteiger partial charge >= 0.3 is 0 Å². The van der Waals surface area contributed by atoms with E-state index in [1.54, 1.807) is 0 Å². The molecule has 2 aliphatic rings. The maximum absolute atomic E-state index is 5.51. The largest absolute Gasteiger partial charge is 0.379 e. The molecule has 1 atom stereocenters. The van der Waals surface area contributed by atoms with Crippen molar-refractivity contribution >= 4 is 11.3 Å².